The number of rotatable bonds is 4. The van der Waals surface area contributed by atoms with Crippen molar-refractivity contribution in [3.63, 3.8) is 0 Å². The first-order valence-electron chi connectivity index (χ1n) is 10.3. The van der Waals surface area contributed by atoms with E-state index in [1.165, 1.54) is 18.2 Å². The van der Waals surface area contributed by atoms with Crippen LogP contribution in [0.15, 0.2) is 42.7 Å². The molecular formula is C21H19F2N7O2. The Kier molecular flexibility index (Phi) is 4.15. The van der Waals surface area contributed by atoms with Gasteiger partial charge < -0.3 is 15.1 Å². The molecule has 1 aromatic carbocycles. The quantitative estimate of drug-likeness (QED) is 0.503. The fraction of sp³-hybridized carbons (Fsp3) is 0.333. The van der Waals surface area contributed by atoms with Gasteiger partial charge in [-0.15, -0.1) is 10.2 Å². The third-order valence-corrected chi connectivity index (χ3v) is 6.08. The third kappa shape index (κ3) is 3.08. The van der Waals surface area contributed by atoms with E-state index in [0.717, 1.165) is 0 Å². The van der Waals surface area contributed by atoms with Gasteiger partial charge in [0.15, 0.2) is 5.65 Å². The minimum absolute atomic E-state index is 0.0650. The molecule has 2 fully saturated rings. The van der Waals surface area contributed by atoms with Crippen molar-refractivity contribution in [1.29, 1.82) is 0 Å². The second-order valence-electron chi connectivity index (χ2n) is 8.26. The van der Waals surface area contributed by atoms with Crippen molar-refractivity contribution >= 4 is 11.5 Å². The second-order valence-corrected chi connectivity index (χ2v) is 8.26. The van der Waals surface area contributed by atoms with Crippen LogP contribution in [0, 0.1) is 5.82 Å². The number of nitrogens with zero attached hydrogens (tertiary/aromatic N) is 7. The molecule has 11 heteroatoms. The summed E-state index contributed by atoms with van der Waals surface area (Å²) >= 11 is 0. The first-order chi connectivity index (χ1) is 15.5. The fourth-order valence-electron chi connectivity index (χ4n) is 4.33. The average Bonchev–Trinajstić information content (AvgIpc) is 3.18. The Balaban J connectivity index is 1.39. The molecule has 4 aromatic rings. The van der Waals surface area contributed by atoms with E-state index >= 15 is 0 Å². The zero-order valence-corrected chi connectivity index (χ0v) is 16.8. The molecule has 2 aliphatic rings. The van der Waals surface area contributed by atoms with Crippen LogP contribution in [0.1, 0.15) is 30.5 Å². The van der Waals surface area contributed by atoms with E-state index in [-0.39, 0.29) is 24.8 Å². The van der Waals surface area contributed by atoms with Crippen LogP contribution >= 0.6 is 0 Å². The van der Waals surface area contributed by atoms with Gasteiger partial charge in [0.1, 0.15) is 34.9 Å². The average molecular weight is 439 g/mol. The number of phenolic OH excluding ortho intramolecular Hbond substituents is 1. The molecule has 2 N–H and O–H groups in total. The van der Waals surface area contributed by atoms with Gasteiger partial charge in [-0.3, -0.25) is 0 Å². The first-order valence-corrected chi connectivity index (χ1v) is 10.3. The number of aliphatic hydroxyl groups excluding tert-OH is 1. The maximum Gasteiger partial charge on any atom is 0.154 e. The highest BCUT2D eigenvalue weighted by atomic mass is 19.1. The van der Waals surface area contributed by atoms with E-state index in [0.29, 0.717) is 34.8 Å². The highest BCUT2D eigenvalue weighted by molar-refractivity contribution is 5.60. The van der Waals surface area contributed by atoms with E-state index in [4.69, 9.17) is 0 Å². The monoisotopic (exact) mass is 439 g/mol. The number of fused-ring (bicyclic) bond motifs is 1. The standard InChI is InChI=1S/C21H19F2N7O2/c22-11-1-2-18(31)13(5-11)15-6-12(23)9-28(15)21-4-3-20-24-8-17(30(20)26-21)14-10-29(27-25-14)16-7-19(16)32/h1-5,8,10,12,15-16,19,31-32H,6-7,9H2/t12-,15+,16?,19?/m0/s1. The summed E-state index contributed by atoms with van der Waals surface area (Å²) in [5.74, 6) is -0.112. The van der Waals surface area contributed by atoms with E-state index in [1.54, 1.807) is 38.6 Å². The smallest absolute Gasteiger partial charge is 0.154 e. The minimum Gasteiger partial charge on any atom is -0.508 e. The third-order valence-electron chi connectivity index (χ3n) is 6.08. The first kappa shape index (κ1) is 19.1. The van der Waals surface area contributed by atoms with Crippen LogP contribution in [-0.4, -0.2) is 58.6 Å². The Morgan fingerprint density at radius 3 is 2.78 bits per heavy atom. The fourth-order valence-corrected chi connectivity index (χ4v) is 4.33. The van der Waals surface area contributed by atoms with Gasteiger partial charge in [0.05, 0.1) is 37.1 Å². The summed E-state index contributed by atoms with van der Waals surface area (Å²) < 4.78 is 31.5. The minimum atomic E-state index is -1.15. The second kappa shape index (κ2) is 6.95. The highest BCUT2D eigenvalue weighted by Crippen LogP contribution is 2.40. The Labute approximate surface area is 180 Å². The number of halogens is 2. The summed E-state index contributed by atoms with van der Waals surface area (Å²) in [4.78, 5) is 6.08. The van der Waals surface area contributed by atoms with Crippen LogP contribution < -0.4 is 4.90 Å². The summed E-state index contributed by atoms with van der Waals surface area (Å²) in [6, 6.07) is 6.54. The van der Waals surface area contributed by atoms with Crippen LogP contribution in [0.4, 0.5) is 14.6 Å². The molecular weight excluding hydrogens is 420 g/mol. The van der Waals surface area contributed by atoms with Crippen molar-refractivity contribution < 1.29 is 19.0 Å². The molecule has 6 rings (SSSR count). The molecule has 3 aromatic heterocycles. The SMILES string of the molecule is Oc1ccc(F)cc1[C@H]1C[C@H](F)CN1c1ccc2ncc(-c3cn(C4CC4O)nn3)n2n1. The summed E-state index contributed by atoms with van der Waals surface area (Å²) in [6.07, 6.45) is 2.57. The normalized spacial score (nSPS) is 25.0. The van der Waals surface area contributed by atoms with Gasteiger partial charge in [0.2, 0.25) is 0 Å². The number of hydrogen-bond donors (Lipinski definition) is 2. The van der Waals surface area contributed by atoms with E-state index in [9.17, 15) is 19.0 Å². The number of aromatic hydroxyl groups is 1. The zero-order valence-electron chi connectivity index (χ0n) is 16.8. The van der Waals surface area contributed by atoms with Crippen LogP contribution in [0.2, 0.25) is 0 Å². The van der Waals surface area contributed by atoms with E-state index < -0.39 is 24.1 Å². The van der Waals surface area contributed by atoms with Gasteiger partial charge in [-0.05, 0) is 30.3 Å². The largest absolute Gasteiger partial charge is 0.508 e. The van der Waals surface area contributed by atoms with Crippen molar-refractivity contribution in [2.75, 3.05) is 11.4 Å². The summed E-state index contributed by atoms with van der Waals surface area (Å²) in [5.41, 5.74) is 2.05. The Bertz CT molecular complexity index is 1320. The molecule has 164 valence electrons. The lowest BCUT2D eigenvalue weighted by Gasteiger charge is -2.26. The van der Waals surface area contributed by atoms with Crippen molar-refractivity contribution in [3.05, 3.63) is 54.1 Å². The topological polar surface area (TPSA) is 105 Å². The predicted octanol–water partition coefficient (Wildman–Crippen LogP) is 2.43. The van der Waals surface area contributed by atoms with Crippen LogP contribution in [0.5, 0.6) is 5.75 Å². The van der Waals surface area contributed by atoms with Gasteiger partial charge >= 0.3 is 0 Å². The molecule has 1 aliphatic carbocycles. The van der Waals surface area contributed by atoms with Crippen molar-refractivity contribution in [2.24, 2.45) is 0 Å². The lowest BCUT2D eigenvalue weighted by atomic mass is 10.0. The number of aromatic nitrogens is 6. The Morgan fingerprint density at radius 2 is 1.97 bits per heavy atom. The summed E-state index contributed by atoms with van der Waals surface area (Å²) in [5, 5.41) is 32.8. The number of phenols is 1. The molecule has 0 radical (unpaired) electrons. The molecule has 0 spiro atoms. The van der Waals surface area contributed by atoms with Crippen molar-refractivity contribution in [3.8, 4) is 17.1 Å². The Hall–Kier alpha value is -3.60. The number of aliphatic hydroxyl groups is 1. The molecule has 9 nitrogen and oxygen atoms in total. The molecule has 4 atom stereocenters. The van der Waals surface area contributed by atoms with Gasteiger partial charge in [-0.1, -0.05) is 5.21 Å². The number of hydrogen-bond acceptors (Lipinski definition) is 7. The molecule has 1 saturated heterocycles. The summed E-state index contributed by atoms with van der Waals surface area (Å²) in [6.45, 7) is 0.0684. The van der Waals surface area contributed by atoms with Gasteiger partial charge in [-0.25, -0.2) is 23.0 Å². The lowest BCUT2D eigenvalue weighted by Crippen LogP contribution is -2.25. The zero-order chi connectivity index (χ0) is 22.0. The molecule has 1 saturated carbocycles. The van der Waals surface area contributed by atoms with Gasteiger partial charge in [0, 0.05) is 18.4 Å². The van der Waals surface area contributed by atoms with Gasteiger partial charge in [0.25, 0.3) is 0 Å². The van der Waals surface area contributed by atoms with E-state index in [1.807, 2.05) is 0 Å². The van der Waals surface area contributed by atoms with Crippen LogP contribution in [-0.2, 0) is 0 Å². The number of benzene rings is 1. The highest BCUT2D eigenvalue weighted by Gasteiger charge is 2.38. The van der Waals surface area contributed by atoms with E-state index in [2.05, 4.69) is 20.4 Å². The molecule has 32 heavy (non-hydrogen) atoms. The van der Waals surface area contributed by atoms with Crippen molar-refractivity contribution in [1.82, 2.24) is 29.6 Å². The van der Waals surface area contributed by atoms with Gasteiger partial charge in [-0.2, -0.15) is 0 Å². The molecule has 1 aliphatic heterocycles. The maximum atomic E-state index is 14.4. The summed E-state index contributed by atoms with van der Waals surface area (Å²) in [7, 11) is 0. The van der Waals surface area contributed by atoms with Crippen LogP contribution in [0.3, 0.4) is 0 Å². The molecule has 0 bridgehead atoms. The maximum absolute atomic E-state index is 14.4. The number of alkyl halides is 1. The molecule has 0 amide bonds. The molecule has 2 unspecified atom stereocenters. The lowest BCUT2D eigenvalue weighted by molar-refractivity contribution is 0.255. The Morgan fingerprint density at radius 1 is 1.12 bits per heavy atom. The molecule has 4 heterocycles. The number of imidazole rings is 1. The van der Waals surface area contributed by atoms with Crippen LogP contribution in [0.25, 0.3) is 17.0 Å². The van der Waals surface area contributed by atoms with Crippen molar-refractivity contribution in [2.45, 2.75) is 37.2 Å². The predicted molar refractivity (Wildman–Crippen MR) is 109 cm³/mol. The number of anilines is 1.